The highest BCUT2D eigenvalue weighted by molar-refractivity contribution is 9.10. The molecule has 4 heteroatoms. The van der Waals surface area contributed by atoms with Crippen LogP contribution < -0.4 is 0 Å². The van der Waals surface area contributed by atoms with Gasteiger partial charge in [-0.05, 0) is 41.8 Å². The summed E-state index contributed by atoms with van der Waals surface area (Å²) in [5.74, 6) is -1.27. The number of halogens is 1. The van der Waals surface area contributed by atoms with E-state index in [0.29, 0.717) is 6.42 Å². The summed E-state index contributed by atoms with van der Waals surface area (Å²) < 4.78 is 0.863. The van der Waals surface area contributed by atoms with Crippen LogP contribution in [0.1, 0.15) is 17.0 Å². The molecule has 0 aliphatic heterocycles. The SMILES string of the molecule is O=C(O)C(Cc1ccc(O)cc1)c1cccc(Br)c1. The quantitative estimate of drug-likeness (QED) is 0.905. The third-order valence-corrected chi connectivity index (χ3v) is 3.42. The lowest BCUT2D eigenvalue weighted by Crippen LogP contribution is -2.14. The number of carboxylic acids is 1. The fourth-order valence-electron chi connectivity index (χ4n) is 1.94. The van der Waals surface area contributed by atoms with Gasteiger partial charge in [-0.2, -0.15) is 0 Å². The first-order valence-corrected chi connectivity index (χ1v) is 6.62. The summed E-state index contributed by atoms with van der Waals surface area (Å²) in [5.41, 5.74) is 1.64. The average Bonchev–Trinajstić information content (AvgIpc) is 2.37. The molecule has 0 fully saturated rings. The fraction of sp³-hybridized carbons (Fsp3) is 0.133. The summed E-state index contributed by atoms with van der Waals surface area (Å²) in [4.78, 5) is 11.4. The second-order valence-electron chi connectivity index (χ2n) is 4.32. The summed E-state index contributed by atoms with van der Waals surface area (Å²) in [7, 11) is 0. The van der Waals surface area contributed by atoms with Gasteiger partial charge in [-0.15, -0.1) is 0 Å². The van der Waals surface area contributed by atoms with Crippen molar-refractivity contribution in [2.24, 2.45) is 0 Å². The Hall–Kier alpha value is -1.81. The van der Waals surface area contributed by atoms with Crippen molar-refractivity contribution in [1.29, 1.82) is 0 Å². The molecule has 2 aromatic rings. The van der Waals surface area contributed by atoms with E-state index in [-0.39, 0.29) is 5.75 Å². The summed E-state index contributed by atoms with van der Waals surface area (Å²) in [5, 5.41) is 18.6. The van der Waals surface area contributed by atoms with Crippen molar-refractivity contribution in [2.45, 2.75) is 12.3 Å². The maximum Gasteiger partial charge on any atom is 0.311 e. The van der Waals surface area contributed by atoms with Crippen molar-refractivity contribution in [3.8, 4) is 5.75 Å². The molecule has 0 saturated heterocycles. The number of phenols is 1. The predicted molar refractivity (Wildman–Crippen MR) is 76.3 cm³/mol. The van der Waals surface area contributed by atoms with Crippen LogP contribution in [0.15, 0.2) is 53.0 Å². The van der Waals surface area contributed by atoms with Crippen molar-refractivity contribution in [2.75, 3.05) is 0 Å². The summed E-state index contributed by atoms with van der Waals surface area (Å²) >= 11 is 3.35. The zero-order chi connectivity index (χ0) is 13.8. The van der Waals surface area contributed by atoms with Crippen LogP contribution in [0.25, 0.3) is 0 Å². The Morgan fingerprint density at radius 3 is 2.42 bits per heavy atom. The Balaban J connectivity index is 2.26. The largest absolute Gasteiger partial charge is 0.508 e. The van der Waals surface area contributed by atoms with Crippen LogP contribution in [-0.4, -0.2) is 16.2 Å². The molecule has 0 aliphatic carbocycles. The second kappa shape index (κ2) is 5.89. The number of carbonyl (C=O) groups is 1. The van der Waals surface area contributed by atoms with E-state index in [1.54, 1.807) is 24.3 Å². The van der Waals surface area contributed by atoms with Crippen molar-refractivity contribution < 1.29 is 15.0 Å². The van der Waals surface area contributed by atoms with Crippen LogP contribution in [-0.2, 0) is 11.2 Å². The normalized spacial score (nSPS) is 12.1. The molecule has 1 atom stereocenters. The van der Waals surface area contributed by atoms with Gasteiger partial charge >= 0.3 is 5.97 Å². The Morgan fingerprint density at radius 2 is 1.84 bits per heavy atom. The van der Waals surface area contributed by atoms with Gasteiger partial charge in [0.2, 0.25) is 0 Å². The van der Waals surface area contributed by atoms with Crippen molar-refractivity contribution in [3.63, 3.8) is 0 Å². The van der Waals surface area contributed by atoms with E-state index in [0.717, 1.165) is 15.6 Å². The molecular weight excluding hydrogens is 308 g/mol. The molecular formula is C15H13BrO3. The molecule has 0 amide bonds. The highest BCUT2D eigenvalue weighted by Gasteiger charge is 2.20. The molecule has 2 aromatic carbocycles. The van der Waals surface area contributed by atoms with E-state index in [9.17, 15) is 15.0 Å². The van der Waals surface area contributed by atoms with Crippen LogP contribution in [0.3, 0.4) is 0 Å². The lowest BCUT2D eigenvalue weighted by atomic mass is 9.92. The minimum Gasteiger partial charge on any atom is -0.508 e. The van der Waals surface area contributed by atoms with E-state index in [1.165, 1.54) is 0 Å². The van der Waals surface area contributed by atoms with Gasteiger partial charge in [0.05, 0.1) is 5.92 Å². The van der Waals surface area contributed by atoms with Crippen molar-refractivity contribution >= 4 is 21.9 Å². The molecule has 3 nitrogen and oxygen atoms in total. The number of hydrogen-bond acceptors (Lipinski definition) is 2. The molecule has 2 N–H and O–H groups in total. The molecule has 0 spiro atoms. The smallest absolute Gasteiger partial charge is 0.311 e. The topological polar surface area (TPSA) is 57.5 Å². The number of aromatic hydroxyl groups is 1. The predicted octanol–water partition coefficient (Wildman–Crippen LogP) is 3.57. The zero-order valence-electron chi connectivity index (χ0n) is 10.1. The highest BCUT2D eigenvalue weighted by atomic mass is 79.9. The first-order valence-electron chi connectivity index (χ1n) is 5.82. The minimum atomic E-state index is -0.855. The molecule has 0 radical (unpaired) electrons. The maximum absolute atomic E-state index is 11.4. The Labute approximate surface area is 119 Å². The van der Waals surface area contributed by atoms with Crippen molar-refractivity contribution in [1.82, 2.24) is 0 Å². The van der Waals surface area contributed by atoms with Crippen LogP contribution in [0, 0.1) is 0 Å². The number of carboxylic acid groups (broad SMARTS) is 1. The van der Waals surface area contributed by atoms with Gasteiger partial charge in [-0.1, -0.05) is 40.2 Å². The number of phenolic OH excluding ortho intramolecular Hbond substituents is 1. The lowest BCUT2D eigenvalue weighted by Gasteiger charge is -2.13. The first kappa shape index (κ1) is 13.6. The molecule has 0 heterocycles. The summed E-state index contributed by atoms with van der Waals surface area (Å²) in [6.07, 6.45) is 0.395. The Bertz CT molecular complexity index is 578. The van der Waals surface area contributed by atoms with E-state index in [2.05, 4.69) is 15.9 Å². The Kier molecular flexibility index (Phi) is 4.22. The van der Waals surface area contributed by atoms with Gasteiger partial charge < -0.3 is 10.2 Å². The summed E-state index contributed by atoms with van der Waals surface area (Å²) in [6.45, 7) is 0. The average molecular weight is 321 g/mol. The zero-order valence-corrected chi connectivity index (χ0v) is 11.7. The third kappa shape index (κ3) is 3.58. The standard InChI is InChI=1S/C15H13BrO3/c16-12-3-1-2-11(9-12)14(15(18)19)8-10-4-6-13(17)7-5-10/h1-7,9,14,17H,8H2,(H,18,19). The molecule has 2 rings (SSSR count). The molecule has 0 aromatic heterocycles. The number of hydrogen-bond donors (Lipinski definition) is 2. The van der Waals surface area contributed by atoms with Gasteiger partial charge in [-0.25, -0.2) is 0 Å². The van der Waals surface area contributed by atoms with Gasteiger partial charge in [-0.3, -0.25) is 4.79 Å². The Morgan fingerprint density at radius 1 is 1.16 bits per heavy atom. The van der Waals surface area contributed by atoms with Gasteiger partial charge in [0.1, 0.15) is 5.75 Å². The molecule has 19 heavy (non-hydrogen) atoms. The molecule has 0 bridgehead atoms. The van der Waals surface area contributed by atoms with Crippen molar-refractivity contribution in [3.05, 3.63) is 64.1 Å². The van der Waals surface area contributed by atoms with Crippen LogP contribution in [0.2, 0.25) is 0 Å². The molecule has 1 unspecified atom stereocenters. The number of aliphatic carboxylic acids is 1. The minimum absolute atomic E-state index is 0.179. The summed E-state index contributed by atoms with van der Waals surface area (Å²) in [6, 6.07) is 13.9. The fourth-order valence-corrected chi connectivity index (χ4v) is 2.36. The molecule has 0 aliphatic rings. The third-order valence-electron chi connectivity index (χ3n) is 2.93. The van der Waals surface area contributed by atoms with E-state index in [1.807, 2.05) is 24.3 Å². The number of benzene rings is 2. The van der Waals surface area contributed by atoms with Gasteiger partial charge in [0.15, 0.2) is 0 Å². The van der Waals surface area contributed by atoms with Gasteiger partial charge in [0.25, 0.3) is 0 Å². The second-order valence-corrected chi connectivity index (χ2v) is 5.23. The van der Waals surface area contributed by atoms with Crippen LogP contribution in [0.5, 0.6) is 5.75 Å². The lowest BCUT2D eigenvalue weighted by molar-refractivity contribution is -0.138. The first-order chi connectivity index (χ1) is 9.06. The van der Waals surface area contributed by atoms with E-state index < -0.39 is 11.9 Å². The maximum atomic E-state index is 11.4. The van der Waals surface area contributed by atoms with Crippen LogP contribution in [0.4, 0.5) is 0 Å². The van der Waals surface area contributed by atoms with E-state index >= 15 is 0 Å². The number of rotatable bonds is 4. The molecule has 0 saturated carbocycles. The highest BCUT2D eigenvalue weighted by Crippen LogP contribution is 2.24. The molecule has 98 valence electrons. The van der Waals surface area contributed by atoms with E-state index in [4.69, 9.17) is 0 Å². The van der Waals surface area contributed by atoms with Gasteiger partial charge in [0, 0.05) is 4.47 Å². The van der Waals surface area contributed by atoms with Crippen LogP contribution >= 0.6 is 15.9 Å². The monoisotopic (exact) mass is 320 g/mol.